The van der Waals surface area contributed by atoms with Gasteiger partial charge in [-0.1, -0.05) is 25.4 Å². The Bertz CT molecular complexity index is 575. The van der Waals surface area contributed by atoms with Crippen LogP contribution in [0.5, 0.6) is 0 Å². The van der Waals surface area contributed by atoms with Crippen molar-refractivity contribution in [3.05, 3.63) is 22.7 Å². The van der Waals surface area contributed by atoms with Gasteiger partial charge in [-0.05, 0) is 37.5 Å². The second-order valence-corrected chi connectivity index (χ2v) is 6.95. The minimum absolute atomic E-state index is 0.0676. The van der Waals surface area contributed by atoms with E-state index >= 15 is 0 Å². The van der Waals surface area contributed by atoms with E-state index in [4.69, 9.17) is 17.3 Å². The van der Waals surface area contributed by atoms with Crippen LogP contribution in [0.2, 0.25) is 5.02 Å². The highest BCUT2D eigenvalue weighted by atomic mass is 35.5. The zero-order chi connectivity index (χ0) is 15.6. The van der Waals surface area contributed by atoms with Crippen LogP contribution in [-0.4, -0.2) is 25.7 Å². The van der Waals surface area contributed by atoms with Crippen molar-refractivity contribution in [1.29, 1.82) is 0 Å². The molecule has 0 aromatic heterocycles. The van der Waals surface area contributed by atoms with Gasteiger partial charge in [0.15, 0.2) is 0 Å². The first-order chi connectivity index (χ1) is 9.21. The summed E-state index contributed by atoms with van der Waals surface area (Å²) >= 11 is 6.01. The van der Waals surface area contributed by atoms with Crippen LogP contribution < -0.4 is 10.5 Å². The van der Waals surface area contributed by atoms with E-state index in [1.807, 2.05) is 13.8 Å². The van der Waals surface area contributed by atoms with Crippen molar-refractivity contribution >= 4 is 27.3 Å². The fraction of sp³-hybridized carbons (Fsp3) is 0.538. The van der Waals surface area contributed by atoms with E-state index in [1.165, 1.54) is 12.1 Å². The molecular formula is C13H21ClN2O3S. The number of aliphatic hydroxyl groups excluding tert-OH is 1. The summed E-state index contributed by atoms with van der Waals surface area (Å²) in [4.78, 5) is -0.0676. The number of halogens is 1. The molecule has 7 heteroatoms. The Labute approximate surface area is 125 Å². The number of rotatable bonds is 6. The molecule has 0 saturated heterocycles. The van der Waals surface area contributed by atoms with Gasteiger partial charge in [-0.15, -0.1) is 0 Å². The van der Waals surface area contributed by atoms with Gasteiger partial charge in [0, 0.05) is 5.69 Å². The third-order valence-corrected chi connectivity index (χ3v) is 5.66. The van der Waals surface area contributed by atoms with Gasteiger partial charge < -0.3 is 10.8 Å². The fourth-order valence-electron chi connectivity index (χ4n) is 1.86. The quantitative estimate of drug-likeness (QED) is 0.699. The van der Waals surface area contributed by atoms with Gasteiger partial charge in [-0.25, -0.2) is 13.1 Å². The minimum atomic E-state index is -3.85. The number of nitrogens with two attached hydrogens (primary N) is 1. The first-order valence-electron chi connectivity index (χ1n) is 6.42. The van der Waals surface area contributed by atoms with Crippen molar-refractivity contribution in [1.82, 2.24) is 4.72 Å². The molecule has 0 heterocycles. The van der Waals surface area contributed by atoms with Crippen molar-refractivity contribution in [2.75, 3.05) is 12.3 Å². The molecule has 4 N–H and O–H groups in total. The molecule has 114 valence electrons. The van der Waals surface area contributed by atoms with Crippen LogP contribution >= 0.6 is 11.6 Å². The maximum absolute atomic E-state index is 12.4. The molecule has 0 bridgehead atoms. The minimum Gasteiger partial charge on any atom is -0.398 e. The highest BCUT2D eigenvalue weighted by molar-refractivity contribution is 7.89. The highest BCUT2D eigenvalue weighted by Crippen LogP contribution is 2.28. The second kappa shape index (κ2) is 6.30. The lowest BCUT2D eigenvalue weighted by Gasteiger charge is -2.30. The Morgan fingerprint density at radius 3 is 2.35 bits per heavy atom. The standard InChI is InChI=1S/C13H21ClN2O3S/c1-4-13(5-2,8-17)16-20(18,19)12-7-11(15)9(3)6-10(12)14/h6-7,16-17H,4-5,8,15H2,1-3H3. The Morgan fingerprint density at radius 1 is 1.35 bits per heavy atom. The molecule has 1 aromatic rings. The summed E-state index contributed by atoms with van der Waals surface area (Å²) in [6.07, 6.45) is 0.941. The summed E-state index contributed by atoms with van der Waals surface area (Å²) in [7, 11) is -3.85. The molecule has 1 rings (SSSR count). The molecule has 0 saturated carbocycles. The first kappa shape index (κ1) is 17.2. The summed E-state index contributed by atoms with van der Waals surface area (Å²) in [6, 6.07) is 2.86. The molecule has 1 aromatic carbocycles. The maximum Gasteiger partial charge on any atom is 0.242 e. The van der Waals surface area contributed by atoms with Crippen molar-refractivity contribution in [2.45, 2.75) is 44.0 Å². The van der Waals surface area contributed by atoms with Crippen molar-refractivity contribution in [3.63, 3.8) is 0 Å². The van der Waals surface area contributed by atoms with Crippen LogP contribution in [0, 0.1) is 6.92 Å². The molecule has 0 aliphatic rings. The van der Waals surface area contributed by atoms with E-state index in [2.05, 4.69) is 4.72 Å². The van der Waals surface area contributed by atoms with Crippen molar-refractivity contribution in [2.24, 2.45) is 0 Å². The van der Waals surface area contributed by atoms with Crippen LogP contribution in [0.15, 0.2) is 17.0 Å². The van der Waals surface area contributed by atoms with E-state index in [9.17, 15) is 13.5 Å². The first-order valence-corrected chi connectivity index (χ1v) is 8.28. The molecule has 5 nitrogen and oxygen atoms in total. The number of nitrogens with one attached hydrogen (secondary N) is 1. The number of aliphatic hydroxyl groups is 1. The normalized spacial score (nSPS) is 12.7. The van der Waals surface area contributed by atoms with Crippen LogP contribution in [0.3, 0.4) is 0 Å². The maximum atomic E-state index is 12.4. The summed E-state index contributed by atoms with van der Waals surface area (Å²) in [6.45, 7) is 5.10. The van der Waals surface area contributed by atoms with Gasteiger partial charge in [0.1, 0.15) is 4.90 Å². The van der Waals surface area contributed by atoms with E-state index in [0.717, 1.165) is 0 Å². The lowest BCUT2D eigenvalue weighted by molar-refractivity contribution is 0.172. The Balaban J connectivity index is 3.28. The lowest BCUT2D eigenvalue weighted by atomic mass is 9.96. The number of nitrogen functional groups attached to an aromatic ring is 1. The van der Waals surface area contributed by atoms with Gasteiger partial charge >= 0.3 is 0 Å². The van der Waals surface area contributed by atoms with E-state index in [-0.39, 0.29) is 16.5 Å². The smallest absolute Gasteiger partial charge is 0.242 e. The van der Waals surface area contributed by atoms with Crippen LogP contribution in [0.4, 0.5) is 5.69 Å². The van der Waals surface area contributed by atoms with Gasteiger partial charge in [-0.3, -0.25) is 0 Å². The molecule has 0 atom stereocenters. The van der Waals surface area contributed by atoms with E-state index in [0.29, 0.717) is 24.1 Å². The zero-order valence-electron chi connectivity index (χ0n) is 11.9. The number of benzene rings is 1. The molecular weight excluding hydrogens is 300 g/mol. The number of aryl methyl sites for hydroxylation is 1. The number of hydrogen-bond donors (Lipinski definition) is 3. The van der Waals surface area contributed by atoms with E-state index in [1.54, 1.807) is 6.92 Å². The third-order valence-electron chi connectivity index (χ3n) is 3.62. The molecule has 0 unspecified atom stereocenters. The molecule has 0 aliphatic carbocycles. The number of sulfonamides is 1. The summed E-state index contributed by atoms with van der Waals surface area (Å²) < 4.78 is 27.4. The van der Waals surface area contributed by atoms with Crippen molar-refractivity contribution in [3.8, 4) is 0 Å². The van der Waals surface area contributed by atoms with Gasteiger partial charge in [-0.2, -0.15) is 0 Å². The predicted molar refractivity (Wildman–Crippen MR) is 81.3 cm³/mol. The fourth-order valence-corrected chi connectivity index (χ4v) is 4.02. The zero-order valence-corrected chi connectivity index (χ0v) is 13.5. The summed E-state index contributed by atoms with van der Waals surface area (Å²) in [5, 5.41) is 9.58. The van der Waals surface area contributed by atoms with Gasteiger partial charge in [0.25, 0.3) is 0 Å². The SMILES string of the molecule is CCC(CC)(CO)NS(=O)(=O)c1cc(N)c(C)cc1Cl. The number of hydrogen-bond acceptors (Lipinski definition) is 4. The topological polar surface area (TPSA) is 92.4 Å². The van der Waals surface area contributed by atoms with Gasteiger partial charge in [0.2, 0.25) is 10.0 Å². The number of anilines is 1. The molecule has 20 heavy (non-hydrogen) atoms. The largest absolute Gasteiger partial charge is 0.398 e. The molecule has 0 spiro atoms. The monoisotopic (exact) mass is 320 g/mol. The van der Waals surface area contributed by atoms with Crippen molar-refractivity contribution < 1.29 is 13.5 Å². The van der Waals surface area contributed by atoms with E-state index < -0.39 is 15.6 Å². The van der Waals surface area contributed by atoms with Crippen LogP contribution in [0.1, 0.15) is 32.3 Å². The Kier molecular flexibility index (Phi) is 5.43. The third kappa shape index (κ3) is 3.44. The average Bonchev–Trinajstić information content (AvgIpc) is 2.40. The van der Waals surface area contributed by atoms with Crippen LogP contribution in [-0.2, 0) is 10.0 Å². The Morgan fingerprint density at radius 2 is 1.90 bits per heavy atom. The molecule has 0 aliphatic heterocycles. The average molecular weight is 321 g/mol. The lowest BCUT2D eigenvalue weighted by Crippen LogP contribution is -2.50. The molecule has 0 fully saturated rings. The molecule has 0 amide bonds. The predicted octanol–water partition coefficient (Wildman–Crippen LogP) is 2.06. The summed E-state index contributed by atoms with van der Waals surface area (Å²) in [5.41, 5.74) is 5.93. The highest BCUT2D eigenvalue weighted by Gasteiger charge is 2.32. The molecule has 0 radical (unpaired) electrons. The Hall–Kier alpha value is -0.820. The van der Waals surface area contributed by atoms with Gasteiger partial charge in [0.05, 0.1) is 17.2 Å². The van der Waals surface area contributed by atoms with Crippen LogP contribution in [0.25, 0.3) is 0 Å². The summed E-state index contributed by atoms with van der Waals surface area (Å²) in [5.74, 6) is 0. The second-order valence-electron chi connectivity index (χ2n) is 4.89.